The molecule has 3 aromatic rings. The van der Waals surface area contributed by atoms with Crippen LogP contribution in [0.25, 0.3) is 11.3 Å². The maximum Gasteiger partial charge on any atom is 0.231 e. The Bertz CT molecular complexity index is 930. The summed E-state index contributed by atoms with van der Waals surface area (Å²) in [4.78, 5) is 20.8. The third-order valence-electron chi connectivity index (χ3n) is 3.62. The van der Waals surface area contributed by atoms with Crippen LogP contribution >= 0.6 is 27.3 Å². The van der Waals surface area contributed by atoms with Crippen LogP contribution in [0.5, 0.6) is 11.5 Å². The third-order valence-corrected chi connectivity index (χ3v) is 5.12. The van der Waals surface area contributed by atoms with Gasteiger partial charge >= 0.3 is 0 Å². The summed E-state index contributed by atoms with van der Waals surface area (Å²) in [6, 6.07) is 7.39. The first-order valence-electron chi connectivity index (χ1n) is 7.43. The van der Waals surface area contributed by atoms with Crippen molar-refractivity contribution in [3.05, 3.63) is 52.1 Å². The van der Waals surface area contributed by atoms with Crippen LogP contribution in [0.1, 0.15) is 5.56 Å². The SMILES string of the molecule is O=C(Cc1cc2c(cc1Br)OCO2)Nc1nc(-c2ccncc2)cs1. The fraction of sp³-hybridized carbons (Fsp3) is 0.118. The summed E-state index contributed by atoms with van der Waals surface area (Å²) in [7, 11) is 0. The van der Waals surface area contributed by atoms with E-state index in [4.69, 9.17) is 9.47 Å². The molecule has 4 rings (SSSR count). The molecule has 6 nitrogen and oxygen atoms in total. The first-order chi connectivity index (χ1) is 12.2. The van der Waals surface area contributed by atoms with E-state index < -0.39 is 0 Å². The second-order valence-corrected chi connectivity index (χ2v) is 7.01. The van der Waals surface area contributed by atoms with Crippen LogP contribution in [0.15, 0.2) is 46.5 Å². The van der Waals surface area contributed by atoms with E-state index in [-0.39, 0.29) is 19.1 Å². The van der Waals surface area contributed by atoms with Gasteiger partial charge in [0, 0.05) is 27.8 Å². The average Bonchev–Trinajstić information content (AvgIpc) is 3.25. The molecule has 25 heavy (non-hydrogen) atoms. The summed E-state index contributed by atoms with van der Waals surface area (Å²) in [5.41, 5.74) is 2.60. The zero-order valence-corrected chi connectivity index (χ0v) is 15.3. The van der Waals surface area contributed by atoms with Gasteiger partial charge in [-0.1, -0.05) is 15.9 Å². The highest BCUT2D eigenvalue weighted by Gasteiger charge is 2.18. The van der Waals surface area contributed by atoms with Crippen LogP contribution < -0.4 is 14.8 Å². The van der Waals surface area contributed by atoms with Crippen molar-refractivity contribution in [2.45, 2.75) is 6.42 Å². The van der Waals surface area contributed by atoms with Crippen molar-refractivity contribution in [3.8, 4) is 22.8 Å². The molecule has 0 fully saturated rings. The highest BCUT2D eigenvalue weighted by molar-refractivity contribution is 9.10. The lowest BCUT2D eigenvalue weighted by Gasteiger charge is -2.06. The Morgan fingerprint density at radius 1 is 1.24 bits per heavy atom. The number of hydrogen-bond acceptors (Lipinski definition) is 6. The predicted molar refractivity (Wildman–Crippen MR) is 97.9 cm³/mol. The monoisotopic (exact) mass is 417 g/mol. The Morgan fingerprint density at radius 2 is 2.00 bits per heavy atom. The molecule has 0 aliphatic carbocycles. The topological polar surface area (TPSA) is 73.3 Å². The summed E-state index contributed by atoms with van der Waals surface area (Å²) < 4.78 is 11.5. The normalized spacial score (nSPS) is 12.2. The molecule has 1 aliphatic heterocycles. The van der Waals surface area contributed by atoms with E-state index in [0.29, 0.717) is 16.6 Å². The van der Waals surface area contributed by atoms with Crippen molar-refractivity contribution in [2.75, 3.05) is 12.1 Å². The third kappa shape index (κ3) is 3.49. The lowest BCUT2D eigenvalue weighted by molar-refractivity contribution is -0.115. The van der Waals surface area contributed by atoms with Crippen LogP contribution in [0, 0.1) is 0 Å². The van der Waals surface area contributed by atoms with Crippen molar-refractivity contribution in [1.29, 1.82) is 0 Å². The Hall–Kier alpha value is -2.45. The fourth-order valence-electron chi connectivity index (χ4n) is 2.42. The number of benzene rings is 1. The fourth-order valence-corrected chi connectivity index (χ4v) is 3.62. The maximum atomic E-state index is 12.3. The Balaban J connectivity index is 1.46. The number of carbonyl (C=O) groups excluding carboxylic acids is 1. The standard InChI is InChI=1S/C17H12BrN3O3S/c18-12-7-15-14(23-9-24-15)5-11(12)6-16(22)21-17-20-13(8-25-17)10-1-3-19-4-2-10/h1-5,7-8H,6,9H2,(H,20,21,22). The van der Waals surface area contributed by atoms with Crippen LogP contribution in [0.2, 0.25) is 0 Å². The van der Waals surface area contributed by atoms with Gasteiger partial charge in [-0.3, -0.25) is 9.78 Å². The number of halogens is 1. The molecule has 1 aliphatic rings. The van der Waals surface area contributed by atoms with E-state index in [2.05, 4.69) is 31.2 Å². The molecule has 8 heteroatoms. The number of fused-ring (bicyclic) bond motifs is 1. The van der Waals surface area contributed by atoms with E-state index in [1.807, 2.05) is 29.6 Å². The summed E-state index contributed by atoms with van der Waals surface area (Å²) in [6.07, 6.45) is 3.63. The van der Waals surface area contributed by atoms with Gasteiger partial charge in [-0.2, -0.15) is 0 Å². The zero-order chi connectivity index (χ0) is 17.2. The van der Waals surface area contributed by atoms with Gasteiger partial charge in [0.2, 0.25) is 12.7 Å². The lowest BCUT2D eigenvalue weighted by atomic mass is 10.1. The number of ether oxygens (including phenoxy) is 2. The van der Waals surface area contributed by atoms with E-state index in [9.17, 15) is 4.79 Å². The van der Waals surface area contributed by atoms with Crippen LogP contribution in [-0.2, 0) is 11.2 Å². The van der Waals surface area contributed by atoms with Crippen LogP contribution in [-0.4, -0.2) is 22.7 Å². The average molecular weight is 418 g/mol. The molecule has 126 valence electrons. The number of thiazole rings is 1. The summed E-state index contributed by atoms with van der Waals surface area (Å²) in [6.45, 7) is 0.203. The van der Waals surface area contributed by atoms with Crippen molar-refractivity contribution >= 4 is 38.3 Å². The van der Waals surface area contributed by atoms with Crippen LogP contribution in [0.3, 0.4) is 0 Å². The molecule has 0 saturated carbocycles. The molecule has 0 atom stereocenters. The molecule has 1 aromatic carbocycles. The molecule has 0 unspecified atom stereocenters. The highest BCUT2D eigenvalue weighted by atomic mass is 79.9. The number of nitrogens with zero attached hydrogens (tertiary/aromatic N) is 2. The van der Waals surface area contributed by atoms with Crippen molar-refractivity contribution in [1.82, 2.24) is 9.97 Å². The Kier molecular flexibility index (Phi) is 4.37. The summed E-state index contributed by atoms with van der Waals surface area (Å²) >= 11 is 4.85. The minimum atomic E-state index is -0.143. The molecule has 0 spiro atoms. The number of amides is 1. The minimum absolute atomic E-state index is 0.143. The molecular weight excluding hydrogens is 406 g/mol. The maximum absolute atomic E-state index is 12.3. The van der Waals surface area contributed by atoms with Gasteiger partial charge in [0.05, 0.1) is 12.1 Å². The zero-order valence-electron chi connectivity index (χ0n) is 12.9. The number of nitrogens with one attached hydrogen (secondary N) is 1. The van der Waals surface area contributed by atoms with Gasteiger partial charge < -0.3 is 14.8 Å². The van der Waals surface area contributed by atoms with Gasteiger partial charge in [0.15, 0.2) is 16.6 Å². The Labute approximate surface area is 156 Å². The molecule has 0 radical (unpaired) electrons. The van der Waals surface area contributed by atoms with E-state index in [1.54, 1.807) is 12.4 Å². The van der Waals surface area contributed by atoms with Gasteiger partial charge in [-0.05, 0) is 29.8 Å². The van der Waals surface area contributed by atoms with Crippen molar-refractivity contribution in [2.24, 2.45) is 0 Å². The molecule has 1 N–H and O–H groups in total. The lowest BCUT2D eigenvalue weighted by Crippen LogP contribution is -2.14. The van der Waals surface area contributed by atoms with E-state index >= 15 is 0 Å². The minimum Gasteiger partial charge on any atom is -0.454 e. The molecule has 2 aromatic heterocycles. The second kappa shape index (κ2) is 6.81. The van der Waals surface area contributed by atoms with Gasteiger partial charge in [0.25, 0.3) is 0 Å². The Morgan fingerprint density at radius 3 is 2.80 bits per heavy atom. The largest absolute Gasteiger partial charge is 0.454 e. The number of rotatable bonds is 4. The smallest absolute Gasteiger partial charge is 0.231 e. The second-order valence-electron chi connectivity index (χ2n) is 5.30. The highest BCUT2D eigenvalue weighted by Crippen LogP contribution is 2.37. The first-order valence-corrected chi connectivity index (χ1v) is 9.10. The number of aromatic nitrogens is 2. The number of hydrogen-bond donors (Lipinski definition) is 1. The van der Waals surface area contributed by atoms with Gasteiger partial charge in [0.1, 0.15) is 0 Å². The predicted octanol–water partition coefficient (Wildman–Crippen LogP) is 3.88. The first kappa shape index (κ1) is 16.0. The number of pyridine rings is 1. The molecule has 3 heterocycles. The van der Waals surface area contributed by atoms with E-state index in [1.165, 1.54) is 11.3 Å². The molecule has 1 amide bonds. The summed E-state index contributed by atoms with van der Waals surface area (Å²) in [5.74, 6) is 1.19. The van der Waals surface area contributed by atoms with E-state index in [0.717, 1.165) is 21.3 Å². The number of carbonyl (C=O) groups is 1. The van der Waals surface area contributed by atoms with Gasteiger partial charge in [-0.25, -0.2) is 4.98 Å². The molecule has 0 saturated heterocycles. The van der Waals surface area contributed by atoms with Gasteiger partial charge in [-0.15, -0.1) is 11.3 Å². The molecule has 0 bridgehead atoms. The summed E-state index contributed by atoms with van der Waals surface area (Å²) in [5, 5.41) is 5.30. The number of anilines is 1. The van der Waals surface area contributed by atoms with Crippen LogP contribution in [0.4, 0.5) is 5.13 Å². The van der Waals surface area contributed by atoms with Crippen molar-refractivity contribution < 1.29 is 14.3 Å². The molecular formula is C17H12BrN3O3S. The van der Waals surface area contributed by atoms with Crippen molar-refractivity contribution in [3.63, 3.8) is 0 Å². The quantitative estimate of drug-likeness (QED) is 0.696.